The number of thiazole rings is 1. The fraction of sp³-hybridized carbons (Fsp3) is 0.688. The van der Waals surface area contributed by atoms with Gasteiger partial charge in [0.25, 0.3) is 5.91 Å². The molecule has 1 amide bonds. The van der Waals surface area contributed by atoms with Gasteiger partial charge in [-0.15, -0.1) is 11.3 Å². The van der Waals surface area contributed by atoms with Crippen molar-refractivity contribution in [3.8, 4) is 0 Å². The number of aryl methyl sites for hydroxylation is 2. The van der Waals surface area contributed by atoms with Crippen LogP contribution < -0.4 is 0 Å². The standard InChI is InChI=1S/C16H22N2O2S/c1-10-15(21-11(2)17-10)16(20)18-9-4-3-7-13(18)12-6-5-8-14(12)19/h12-13H,3-9H2,1-2H3. The number of carbonyl (C=O) groups excluding carboxylic acids is 2. The summed E-state index contributed by atoms with van der Waals surface area (Å²) in [6, 6.07) is 0.114. The Morgan fingerprint density at radius 1 is 1.24 bits per heavy atom. The number of nitrogens with zero attached hydrogens (tertiary/aromatic N) is 2. The van der Waals surface area contributed by atoms with Crippen molar-refractivity contribution >= 4 is 23.0 Å². The van der Waals surface area contributed by atoms with Crippen LogP contribution in [0.4, 0.5) is 0 Å². The van der Waals surface area contributed by atoms with Gasteiger partial charge in [0.1, 0.15) is 10.7 Å². The average molecular weight is 306 g/mol. The van der Waals surface area contributed by atoms with Crippen LogP contribution in [0.25, 0.3) is 0 Å². The molecule has 0 bridgehead atoms. The molecule has 3 rings (SSSR count). The molecular weight excluding hydrogens is 284 g/mol. The highest BCUT2D eigenvalue weighted by Crippen LogP contribution is 2.34. The Labute approximate surface area is 129 Å². The maximum Gasteiger partial charge on any atom is 0.266 e. The molecule has 0 radical (unpaired) electrons. The van der Waals surface area contributed by atoms with Crippen molar-refractivity contribution < 1.29 is 9.59 Å². The normalized spacial score (nSPS) is 26.4. The quantitative estimate of drug-likeness (QED) is 0.843. The third-order valence-corrected chi connectivity index (χ3v) is 5.79. The van der Waals surface area contributed by atoms with E-state index in [4.69, 9.17) is 0 Å². The van der Waals surface area contributed by atoms with Gasteiger partial charge >= 0.3 is 0 Å². The Bertz CT molecular complexity index is 567. The first-order valence-electron chi connectivity index (χ1n) is 7.85. The van der Waals surface area contributed by atoms with E-state index in [0.29, 0.717) is 12.2 Å². The lowest BCUT2D eigenvalue weighted by molar-refractivity contribution is -0.122. The van der Waals surface area contributed by atoms with Gasteiger partial charge in [0, 0.05) is 24.9 Å². The zero-order chi connectivity index (χ0) is 15.0. The van der Waals surface area contributed by atoms with Crippen LogP contribution in [0.15, 0.2) is 0 Å². The third-order valence-electron chi connectivity index (χ3n) is 4.72. The monoisotopic (exact) mass is 306 g/mol. The number of carbonyl (C=O) groups is 2. The van der Waals surface area contributed by atoms with Crippen LogP contribution in [0.3, 0.4) is 0 Å². The minimum absolute atomic E-state index is 0.0728. The summed E-state index contributed by atoms with van der Waals surface area (Å²) in [7, 11) is 0. The van der Waals surface area contributed by atoms with Gasteiger partial charge in [0.05, 0.1) is 10.7 Å². The van der Waals surface area contributed by atoms with Gasteiger partial charge in [-0.2, -0.15) is 0 Å². The first kappa shape index (κ1) is 14.7. The summed E-state index contributed by atoms with van der Waals surface area (Å²) in [6.45, 7) is 4.61. The Morgan fingerprint density at radius 2 is 2.05 bits per heavy atom. The molecule has 1 aromatic heterocycles. The molecule has 2 unspecified atom stereocenters. The second kappa shape index (κ2) is 5.87. The van der Waals surface area contributed by atoms with Gasteiger partial charge in [-0.1, -0.05) is 0 Å². The second-order valence-electron chi connectivity index (χ2n) is 6.17. The lowest BCUT2D eigenvalue weighted by atomic mass is 9.88. The number of hydrogen-bond donors (Lipinski definition) is 0. The summed E-state index contributed by atoms with van der Waals surface area (Å²) in [5, 5.41) is 0.932. The van der Waals surface area contributed by atoms with Gasteiger partial charge in [0.15, 0.2) is 0 Å². The van der Waals surface area contributed by atoms with Crippen LogP contribution in [0, 0.1) is 19.8 Å². The highest BCUT2D eigenvalue weighted by Gasteiger charge is 2.39. The van der Waals surface area contributed by atoms with Crippen LogP contribution >= 0.6 is 11.3 Å². The Kier molecular flexibility index (Phi) is 4.11. The fourth-order valence-corrected chi connectivity index (χ4v) is 4.61. The van der Waals surface area contributed by atoms with Crippen molar-refractivity contribution in [3.63, 3.8) is 0 Å². The smallest absolute Gasteiger partial charge is 0.266 e. The van der Waals surface area contributed by atoms with Crippen molar-refractivity contribution in [2.45, 2.75) is 58.4 Å². The SMILES string of the molecule is Cc1nc(C)c(C(=O)N2CCCCC2C2CCCC2=O)s1. The second-order valence-corrected chi connectivity index (χ2v) is 7.38. The van der Waals surface area contributed by atoms with Gasteiger partial charge in [-0.05, 0) is 46.0 Å². The molecule has 2 atom stereocenters. The van der Waals surface area contributed by atoms with Crippen LogP contribution in [0.2, 0.25) is 0 Å². The summed E-state index contributed by atoms with van der Waals surface area (Å²) in [5.41, 5.74) is 0.824. The molecule has 2 aliphatic rings. The molecule has 1 aliphatic carbocycles. The number of hydrogen-bond acceptors (Lipinski definition) is 4. The highest BCUT2D eigenvalue weighted by atomic mass is 32.1. The van der Waals surface area contributed by atoms with E-state index >= 15 is 0 Å². The van der Waals surface area contributed by atoms with Crippen molar-refractivity contribution in [2.24, 2.45) is 5.92 Å². The van der Waals surface area contributed by atoms with Gasteiger partial charge in [0.2, 0.25) is 0 Å². The molecule has 2 heterocycles. The first-order chi connectivity index (χ1) is 10.1. The number of rotatable bonds is 2. The van der Waals surface area contributed by atoms with E-state index in [1.54, 1.807) is 0 Å². The number of Topliss-reactive ketones (excluding diaryl/α,β-unsaturated/α-hetero) is 1. The molecule has 1 aromatic rings. The van der Waals surface area contributed by atoms with E-state index in [1.165, 1.54) is 11.3 Å². The molecule has 1 aliphatic heterocycles. The summed E-state index contributed by atoms with van der Waals surface area (Å²) < 4.78 is 0. The molecule has 0 spiro atoms. The lowest BCUT2D eigenvalue weighted by Gasteiger charge is -2.38. The highest BCUT2D eigenvalue weighted by molar-refractivity contribution is 7.13. The van der Waals surface area contributed by atoms with Crippen molar-refractivity contribution in [3.05, 3.63) is 15.6 Å². The molecule has 5 heteroatoms. The van der Waals surface area contributed by atoms with Crippen molar-refractivity contribution in [1.29, 1.82) is 0 Å². The summed E-state index contributed by atoms with van der Waals surface area (Å²) >= 11 is 1.47. The maximum absolute atomic E-state index is 12.9. The van der Waals surface area contributed by atoms with E-state index in [1.807, 2.05) is 18.7 Å². The Balaban J connectivity index is 1.85. The number of piperidine rings is 1. The molecule has 0 aromatic carbocycles. The summed E-state index contributed by atoms with van der Waals surface area (Å²) in [4.78, 5) is 32.1. The topological polar surface area (TPSA) is 50.3 Å². The van der Waals surface area contributed by atoms with Gasteiger partial charge in [-0.25, -0.2) is 4.98 Å². The van der Waals surface area contributed by atoms with Crippen LogP contribution in [-0.4, -0.2) is 34.2 Å². The molecule has 1 saturated heterocycles. The minimum Gasteiger partial charge on any atom is -0.334 e. The fourth-order valence-electron chi connectivity index (χ4n) is 3.74. The van der Waals surface area contributed by atoms with E-state index in [-0.39, 0.29) is 17.9 Å². The van der Waals surface area contributed by atoms with Gasteiger partial charge in [-0.3, -0.25) is 9.59 Å². The zero-order valence-corrected chi connectivity index (χ0v) is 13.5. The van der Waals surface area contributed by atoms with E-state index in [2.05, 4.69) is 4.98 Å². The molecule has 114 valence electrons. The predicted octanol–water partition coefficient (Wildman–Crippen LogP) is 3.12. The largest absolute Gasteiger partial charge is 0.334 e. The predicted molar refractivity (Wildman–Crippen MR) is 82.6 cm³/mol. The summed E-state index contributed by atoms with van der Waals surface area (Å²) in [5.74, 6) is 0.517. The molecule has 4 nitrogen and oxygen atoms in total. The van der Waals surface area contributed by atoms with Gasteiger partial charge < -0.3 is 4.90 Å². The summed E-state index contributed by atoms with van der Waals surface area (Å²) in [6.07, 6.45) is 5.77. The Morgan fingerprint density at radius 3 is 2.67 bits per heavy atom. The van der Waals surface area contributed by atoms with Crippen molar-refractivity contribution in [1.82, 2.24) is 9.88 Å². The number of likely N-dealkylation sites (tertiary alicyclic amines) is 1. The van der Waals surface area contributed by atoms with Crippen LogP contribution in [-0.2, 0) is 4.79 Å². The Hall–Kier alpha value is -1.23. The maximum atomic E-state index is 12.9. The zero-order valence-electron chi connectivity index (χ0n) is 12.7. The number of amides is 1. The number of aromatic nitrogens is 1. The third kappa shape index (κ3) is 2.76. The lowest BCUT2D eigenvalue weighted by Crippen LogP contribution is -2.48. The van der Waals surface area contributed by atoms with E-state index in [9.17, 15) is 9.59 Å². The average Bonchev–Trinajstić information content (AvgIpc) is 3.03. The molecule has 0 N–H and O–H groups in total. The van der Waals surface area contributed by atoms with E-state index in [0.717, 1.165) is 54.2 Å². The molecular formula is C16H22N2O2S. The van der Waals surface area contributed by atoms with Crippen LogP contribution in [0.1, 0.15) is 58.9 Å². The van der Waals surface area contributed by atoms with Crippen LogP contribution in [0.5, 0.6) is 0 Å². The van der Waals surface area contributed by atoms with Crippen molar-refractivity contribution in [2.75, 3.05) is 6.54 Å². The first-order valence-corrected chi connectivity index (χ1v) is 8.67. The molecule has 2 fully saturated rings. The van der Waals surface area contributed by atoms with E-state index < -0.39 is 0 Å². The molecule has 1 saturated carbocycles. The number of ketones is 1. The molecule has 21 heavy (non-hydrogen) atoms. The minimum atomic E-state index is 0.0728.